The topological polar surface area (TPSA) is 37.4 Å². The van der Waals surface area contributed by atoms with E-state index in [9.17, 15) is 9.59 Å². The lowest BCUT2D eigenvalue weighted by Crippen LogP contribution is -2.37. The Balaban J connectivity index is 1.17. The van der Waals surface area contributed by atoms with Crippen molar-refractivity contribution in [1.82, 2.24) is 4.90 Å². The smallest absolute Gasteiger partial charge is 0.261 e. The summed E-state index contributed by atoms with van der Waals surface area (Å²) in [7, 11) is -1.84. The van der Waals surface area contributed by atoms with Gasteiger partial charge in [0, 0.05) is 6.54 Å². The molecular formula is C39H45NO2P+. The highest BCUT2D eigenvalue weighted by molar-refractivity contribution is 7.96. The van der Waals surface area contributed by atoms with E-state index in [1.807, 2.05) is 12.1 Å². The second kappa shape index (κ2) is 14.3. The van der Waals surface area contributed by atoms with Crippen molar-refractivity contribution in [2.45, 2.75) is 72.1 Å². The zero-order chi connectivity index (χ0) is 30.2. The third-order valence-corrected chi connectivity index (χ3v) is 14.0. The predicted octanol–water partition coefficient (Wildman–Crippen LogP) is 8.32. The van der Waals surface area contributed by atoms with Crippen molar-refractivity contribution in [3.05, 3.63) is 125 Å². The highest BCUT2D eigenvalue weighted by atomic mass is 31.2. The first-order valence-corrected chi connectivity index (χ1v) is 17.9. The van der Waals surface area contributed by atoms with Crippen LogP contribution < -0.4 is 15.9 Å². The van der Waals surface area contributed by atoms with Crippen molar-refractivity contribution >= 4 is 35.0 Å². The number of hydrogen-bond donors (Lipinski definition) is 0. The fourth-order valence-corrected chi connectivity index (χ4v) is 12.1. The summed E-state index contributed by atoms with van der Waals surface area (Å²) in [6.45, 7) is 7.38. The molecule has 4 aromatic rings. The Hall–Kier alpha value is -3.55. The Labute approximate surface area is 258 Å². The SMILES string of the molecule is Cc1ccccc1[P+](CCCCCCCCCCN1C(=O)c2ccccc2C1=O)(c1ccccc1C)c1ccccc1C. The molecule has 0 fully saturated rings. The Morgan fingerprint density at radius 3 is 1.23 bits per heavy atom. The van der Waals surface area contributed by atoms with Crippen LogP contribution in [0.15, 0.2) is 97.1 Å². The molecule has 1 aliphatic rings. The number of fused-ring (bicyclic) bond motifs is 1. The summed E-state index contributed by atoms with van der Waals surface area (Å²) >= 11 is 0. The lowest BCUT2D eigenvalue weighted by atomic mass is 10.1. The molecule has 3 nitrogen and oxygen atoms in total. The van der Waals surface area contributed by atoms with Crippen molar-refractivity contribution < 1.29 is 9.59 Å². The molecule has 0 saturated carbocycles. The number of benzene rings is 4. The van der Waals surface area contributed by atoms with E-state index >= 15 is 0 Å². The summed E-state index contributed by atoms with van der Waals surface area (Å²) in [5, 5.41) is 4.57. The molecule has 0 aliphatic carbocycles. The maximum Gasteiger partial charge on any atom is 0.261 e. The van der Waals surface area contributed by atoms with Crippen molar-refractivity contribution in [2.75, 3.05) is 12.7 Å². The second-order valence-electron chi connectivity index (χ2n) is 12.0. The maximum absolute atomic E-state index is 12.6. The summed E-state index contributed by atoms with van der Waals surface area (Å²) in [6, 6.07) is 34.4. The van der Waals surface area contributed by atoms with Gasteiger partial charge in [0.1, 0.15) is 23.2 Å². The van der Waals surface area contributed by atoms with Gasteiger partial charge in [-0.15, -0.1) is 0 Å². The maximum atomic E-state index is 12.6. The second-order valence-corrected chi connectivity index (χ2v) is 15.5. The Bertz CT molecular complexity index is 1430. The van der Waals surface area contributed by atoms with E-state index in [-0.39, 0.29) is 11.8 Å². The minimum absolute atomic E-state index is 0.137. The first-order valence-electron chi connectivity index (χ1n) is 16.0. The van der Waals surface area contributed by atoms with Gasteiger partial charge in [-0.1, -0.05) is 98.8 Å². The molecule has 0 radical (unpaired) electrons. The summed E-state index contributed by atoms with van der Waals surface area (Å²) in [5.74, 6) is -0.275. The molecule has 0 N–H and O–H groups in total. The normalized spacial score (nSPS) is 13.0. The number of aryl methyl sites for hydroxylation is 3. The third kappa shape index (κ3) is 6.53. The van der Waals surface area contributed by atoms with Gasteiger partial charge in [0.15, 0.2) is 0 Å². The van der Waals surface area contributed by atoms with Crippen LogP contribution >= 0.6 is 7.26 Å². The molecule has 0 atom stereocenters. The van der Waals surface area contributed by atoms with Crippen molar-refractivity contribution in [2.24, 2.45) is 0 Å². The quantitative estimate of drug-likeness (QED) is 0.0841. The van der Waals surface area contributed by atoms with Gasteiger partial charge < -0.3 is 0 Å². The summed E-state index contributed by atoms with van der Waals surface area (Å²) in [5.41, 5.74) is 5.27. The largest absolute Gasteiger partial charge is 0.274 e. The average molecular weight is 591 g/mol. The number of unbranched alkanes of at least 4 members (excludes halogenated alkanes) is 7. The van der Waals surface area contributed by atoms with Gasteiger partial charge in [-0.3, -0.25) is 14.5 Å². The Morgan fingerprint density at radius 2 is 0.814 bits per heavy atom. The molecule has 1 heterocycles. The van der Waals surface area contributed by atoms with Crippen molar-refractivity contribution in [3.8, 4) is 0 Å². The molecule has 0 spiro atoms. The number of carbonyl (C=O) groups excluding carboxylic acids is 2. The molecule has 0 bridgehead atoms. The highest BCUT2D eigenvalue weighted by Gasteiger charge is 2.47. The minimum atomic E-state index is -1.84. The highest BCUT2D eigenvalue weighted by Crippen LogP contribution is 2.58. The van der Waals surface area contributed by atoms with E-state index in [1.165, 1.54) is 75.8 Å². The minimum Gasteiger partial charge on any atom is -0.274 e. The monoisotopic (exact) mass is 590 g/mol. The number of nitrogens with zero attached hydrogens (tertiary/aromatic N) is 1. The molecule has 43 heavy (non-hydrogen) atoms. The number of hydrogen-bond acceptors (Lipinski definition) is 2. The first kappa shape index (κ1) is 30.9. The third-order valence-electron chi connectivity index (χ3n) is 9.08. The van der Waals surface area contributed by atoms with Gasteiger partial charge >= 0.3 is 0 Å². The number of amides is 2. The zero-order valence-corrected chi connectivity index (χ0v) is 26.9. The number of rotatable bonds is 14. The zero-order valence-electron chi connectivity index (χ0n) is 26.0. The van der Waals surface area contributed by atoms with Crippen LogP contribution in [0.5, 0.6) is 0 Å². The van der Waals surface area contributed by atoms with Gasteiger partial charge in [0.25, 0.3) is 11.8 Å². The molecule has 222 valence electrons. The Morgan fingerprint density at radius 1 is 0.465 bits per heavy atom. The summed E-state index contributed by atoms with van der Waals surface area (Å²) < 4.78 is 0. The van der Waals surface area contributed by atoms with Crippen LogP contribution in [-0.2, 0) is 0 Å². The molecule has 4 heteroatoms. The average Bonchev–Trinajstić information content (AvgIpc) is 3.26. The fourth-order valence-electron chi connectivity index (χ4n) is 6.85. The molecule has 0 aromatic heterocycles. The van der Waals surface area contributed by atoms with Crippen LogP contribution in [0.3, 0.4) is 0 Å². The van der Waals surface area contributed by atoms with Crippen molar-refractivity contribution in [1.29, 1.82) is 0 Å². The fraction of sp³-hybridized carbons (Fsp3) is 0.333. The molecule has 2 amide bonds. The molecule has 5 rings (SSSR count). The lowest BCUT2D eigenvalue weighted by Gasteiger charge is -2.31. The van der Waals surface area contributed by atoms with Crippen LogP contribution in [0.1, 0.15) is 88.8 Å². The summed E-state index contributed by atoms with van der Waals surface area (Å²) in [6.07, 6.45) is 10.4. The van der Waals surface area contributed by atoms with E-state index < -0.39 is 7.26 Å². The lowest BCUT2D eigenvalue weighted by molar-refractivity contribution is 0.0651. The van der Waals surface area contributed by atoms with Crippen LogP contribution in [0.25, 0.3) is 0 Å². The van der Waals surface area contributed by atoms with E-state index in [1.54, 1.807) is 12.1 Å². The number of imide groups is 1. The molecule has 1 aliphatic heterocycles. The van der Waals surface area contributed by atoms with Crippen LogP contribution in [0, 0.1) is 20.8 Å². The first-order chi connectivity index (χ1) is 20.9. The van der Waals surface area contributed by atoms with E-state index in [0.29, 0.717) is 17.7 Å². The van der Waals surface area contributed by atoms with Gasteiger partial charge in [-0.2, -0.15) is 0 Å². The molecule has 4 aromatic carbocycles. The van der Waals surface area contributed by atoms with Crippen LogP contribution in [0.4, 0.5) is 0 Å². The van der Waals surface area contributed by atoms with Crippen LogP contribution in [-0.4, -0.2) is 29.4 Å². The van der Waals surface area contributed by atoms with Gasteiger partial charge in [0.05, 0.1) is 17.3 Å². The van der Waals surface area contributed by atoms with Gasteiger partial charge in [-0.05, 0) is 87.1 Å². The van der Waals surface area contributed by atoms with E-state index in [0.717, 1.165) is 19.3 Å². The van der Waals surface area contributed by atoms with Gasteiger partial charge in [0.2, 0.25) is 0 Å². The summed E-state index contributed by atoms with van der Waals surface area (Å²) in [4.78, 5) is 26.6. The molecule has 0 saturated heterocycles. The van der Waals surface area contributed by atoms with E-state index in [4.69, 9.17) is 0 Å². The van der Waals surface area contributed by atoms with Gasteiger partial charge in [-0.25, -0.2) is 0 Å². The van der Waals surface area contributed by atoms with Crippen LogP contribution in [0.2, 0.25) is 0 Å². The van der Waals surface area contributed by atoms with E-state index in [2.05, 4.69) is 93.6 Å². The standard InChI is InChI=1S/C39H45NO2P/c1-30-20-10-15-25-35(30)43(36-26-16-11-21-31(36)2,37-27-17-12-22-32(37)3)29-19-9-7-5-4-6-8-18-28-40-38(41)33-23-13-14-24-34(33)39(40)42/h10-17,20-27H,4-9,18-19,28-29H2,1-3H3/q+1. The van der Waals surface area contributed by atoms with Crippen molar-refractivity contribution in [3.63, 3.8) is 0 Å². The predicted molar refractivity (Wildman–Crippen MR) is 183 cm³/mol. The Kier molecular flexibility index (Phi) is 10.3. The number of carbonyl (C=O) groups is 2. The molecule has 0 unspecified atom stereocenters. The molecular weight excluding hydrogens is 545 g/mol.